The fourth-order valence-corrected chi connectivity index (χ4v) is 4.52. The van der Waals surface area contributed by atoms with Crippen LogP contribution in [0, 0.1) is 0 Å². The van der Waals surface area contributed by atoms with Crippen LogP contribution in [0.2, 0.25) is 0 Å². The maximum absolute atomic E-state index is 13.3. The summed E-state index contributed by atoms with van der Waals surface area (Å²) in [6, 6.07) is 12.4. The van der Waals surface area contributed by atoms with E-state index < -0.39 is 6.04 Å². The van der Waals surface area contributed by atoms with Crippen molar-refractivity contribution in [1.82, 2.24) is 10.2 Å². The largest absolute Gasteiger partial charge is 0.496 e. The zero-order valence-electron chi connectivity index (χ0n) is 20.0. The second-order valence-electron chi connectivity index (χ2n) is 8.51. The molecular formula is C26H33BrN2O5. The maximum Gasteiger partial charge on any atom is 0.261 e. The van der Waals surface area contributed by atoms with Gasteiger partial charge < -0.3 is 24.4 Å². The minimum atomic E-state index is -0.642. The van der Waals surface area contributed by atoms with Gasteiger partial charge in [0.2, 0.25) is 5.91 Å². The van der Waals surface area contributed by atoms with Crippen LogP contribution in [0.3, 0.4) is 0 Å². The Morgan fingerprint density at radius 2 is 1.68 bits per heavy atom. The molecule has 2 aromatic carbocycles. The van der Waals surface area contributed by atoms with E-state index in [0.29, 0.717) is 23.8 Å². The standard InChI is InChI=1S/C26H33BrN2O5/c1-18(26(31)28-21-10-5-4-6-11-21)29(16-19-8-7-9-20(27)12-19)25(30)17-34-24-14-22(32-2)13-23(15-24)33-3/h7-9,12-15,18,21H,4-6,10-11,16-17H2,1-3H3,(H,28,31)/t18-/m1/s1. The lowest BCUT2D eigenvalue weighted by molar-refractivity contribution is -0.142. The van der Waals surface area contributed by atoms with Crippen molar-refractivity contribution in [3.63, 3.8) is 0 Å². The highest BCUT2D eigenvalue weighted by atomic mass is 79.9. The van der Waals surface area contributed by atoms with Crippen molar-refractivity contribution in [3.05, 3.63) is 52.5 Å². The number of nitrogens with zero attached hydrogens (tertiary/aromatic N) is 1. The number of carbonyl (C=O) groups is 2. The number of amides is 2. The molecule has 1 aliphatic rings. The fourth-order valence-electron chi connectivity index (χ4n) is 4.08. The van der Waals surface area contributed by atoms with Crippen LogP contribution in [0.5, 0.6) is 17.2 Å². The molecule has 34 heavy (non-hydrogen) atoms. The molecule has 2 amide bonds. The fraction of sp³-hybridized carbons (Fsp3) is 0.462. The highest BCUT2D eigenvalue weighted by Gasteiger charge is 2.28. The lowest BCUT2D eigenvalue weighted by Gasteiger charge is -2.31. The van der Waals surface area contributed by atoms with Crippen molar-refractivity contribution in [2.45, 2.75) is 57.7 Å². The van der Waals surface area contributed by atoms with Gasteiger partial charge in [-0.2, -0.15) is 0 Å². The van der Waals surface area contributed by atoms with Crippen molar-refractivity contribution in [2.24, 2.45) is 0 Å². The molecule has 0 unspecified atom stereocenters. The van der Waals surface area contributed by atoms with Crippen molar-refractivity contribution >= 4 is 27.7 Å². The van der Waals surface area contributed by atoms with Crippen molar-refractivity contribution in [3.8, 4) is 17.2 Å². The van der Waals surface area contributed by atoms with Gasteiger partial charge in [0.05, 0.1) is 14.2 Å². The second-order valence-corrected chi connectivity index (χ2v) is 9.42. The Balaban J connectivity index is 1.73. The van der Waals surface area contributed by atoms with Crippen LogP contribution in [0.4, 0.5) is 0 Å². The van der Waals surface area contributed by atoms with E-state index >= 15 is 0 Å². The Bertz CT molecular complexity index is 955. The minimum absolute atomic E-state index is 0.140. The highest BCUT2D eigenvalue weighted by Crippen LogP contribution is 2.27. The highest BCUT2D eigenvalue weighted by molar-refractivity contribution is 9.10. The number of methoxy groups -OCH3 is 2. The molecule has 1 atom stereocenters. The molecule has 0 spiro atoms. The van der Waals surface area contributed by atoms with Gasteiger partial charge in [0, 0.05) is 35.3 Å². The third-order valence-corrected chi connectivity index (χ3v) is 6.54. The maximum atomic E-state index is 13.3. The summed E-state index contributed by atoms with van der Waals surface area (Å²) >= 11 is 3.48. The Kier molecular flexibility index (Phi) is 9.62. The molecule has 2 aromatic rings. The molecule has 0 heterocycles. The molecule has 8 heteroatoms. The van der Waals surface area contributed by atoms with Crippen LogP contribution >= 0.6 is 15.9 Å². The molecule has 1 aliphatic carbocycles. The first-order valence-corrected chi connectivity index (χ1v) is 12.4. The van der Waals surface area contributed by atoms with Crippen molar-refractivity contribution in [2.75, 3.05) is 20.8 Å². The zero-order chi connectivity index (χ0) is 24.5. The van der Waals surface area contributed by atoms with Gasteiger partial charge >= 0.3 is 0 Å². The minimum Gasteiger partial charge on any atom is -0.496 e. The van der Waals surface area contributed by atoms with Gasteiger partial charge in [-0.3, -0.25) is 9.59 Å². The molecular weight excluding hydrogens is 500 g/mol. The Labute approximate surface area is 209 Å². The van der Waals surface area contributed by atoms with E-state index in [-0.39, 0.29) is 24.5 Å². The number of ether oxygens (including phenoxy) is 3. The van der Waals surface area contributed by atoms with Gasteiger partial charge in [0.15, 0.2) is 6.61 Å². The van der Waals surface area contributed by atoms with E-state index in [4.69, 9.17) is 14.2 Å². The summed E-state index contributed by atoms with van der Waals surface area (Å²) < 4.78 is 17.2. The second kappa shape index (κ2) is 12.6. The zero-order valence-corrected chi connectivity index (χ0v) is 21.6. The molecule has 3 rings (SSSR count). The van der Waals surface area contributed by atoms with Gasteiger partial charge in [-0.15, -0.1) is 0 Å². The molecule has 1 fully saturated rings. The summed E-state index contributed by atoms with van der Waals surface area (Å²) in [5, 5.41) is 3.14. The number of hydrogen-bond acceptors (Lipinski definition) is 5. The first-order valence-electron chi connectivity index (χ1n) is 11.6. The van der Waals surface area contributed by atoms with Gasteiger partial charge in [-0.25, -0.2) is 0 Å². The normalized spacial score (nSPS) is 14.7. The first kappa shape index (κ1) is 25.9. The Morgan fingerprint density at radius 3 is 2.29 bits per heavy atom. The average molecular weight is 533 g/mol. The van der Waals surface area contributed by atoms with E-state index in [1.54, 1.807) is 44.2 Å². The summed E-state index contributed by atoms with van der Waals surface area (Å²) in [6.07, 6.45) is 5.43. The Hall–Kier alpha value is -2.74. The van der Waals surface area contributed by atoms with Gasteiger partial charge in [-0.1, -0.05) is 47.3 Å². The molecule has 0 aromatic heterocycles. The number of carbonyl (C=O) groups excluding carboxylic acids is 2. The van der Waals surface area contributed by atoms with E-state index in [9.17, 15) is 9.59 Å². The summed E-state index contributed by atoms with van der Waals surface area (Å²) in [6.45, 7) is 1.84. The number of halogens is 1. The van der Waals surface area contributed by atoms with E-state index in [1.165, 1.54) is 6.42 Å². The van der Waals surface area contributed by atoms with E-state index in [0.717, 1.165) is 35.7 Å². The van der Waals surface area contributed by atoms with Gasteiger partial charge in [0.25, 0.3) is 5.91 Å². The monoisotopic (exact) mass is 532 g/mol. The van der Waals surface area contributed by atoms with Gasteiger partial charge in [-0.05, 0) is 37.5 Å². The SMILES string of the molecule is COc1cc(OC)cc(OCC(=O)N(Cc2cccc(Br)c2)[C@H](C)C(=O)NC2CCCCC2)c1. The molecule has 0 radical (unpaired) electrons. The predicted molar refractivity (Wildman–Crippen MR) is 134 cm³/mol. The smallest absolute Gasteiger partial charge is 0.261 e. The third-order valence-electron chi connectivity index (χ3n) is 6.05. The summed E-state index contributed by atoms with van der Waals surface area (Å²) in [7, 11) is 3.10. The summed E-state index contributed by atoms with van der Waals surface area (Å²) in [4.78, 5) is 27.9. The molecule has 7 nitrogen and oxygen atoms in total. The Morgan fingerprint density at radius 1 is 1.03 bits per heavy atom. The topological polar surface area (TPSA) is 77.1 Å². The number of hydrogen-bond donors (Lipinski definition) is 1. The lowest BCUT2D eigenvalue weighted by Crippen LogP contribution is -2.51. The van der Waals surface area contributed by atoms with Crippen molar-refractivity contribution in [1.29, 1.82) is 0 Å². The van der Waals surface area contributed by atoms with E-state index in [1.807, 2.05) is 24.3 Å². The predicted octanol–water partition coefficient (Wildman–Crippen LogP) is 4.71. The van der Waals surface area contributed by atoms with E-state index in [2.05, 4.69) is 21.2 Å². The molecule has 0 saturated heterocycles. The van der Waals surface area contributed by atoms with Crippen LogP contribution in [0.1, 0.15) is 44.6 Å². The summed E-state index contributed by atoms with van der Waals surface area (Å²) in [5.41, 5.74) is 0.920. The third kappa shape index (κ3) is 7.38. The van der Waals surface area contributed by atoms with Crippen LogP contribution < -0.4 is 19.5 Å². The van der Waals surface area contributed by atoms with Crippen LogP contribution in [-0.2, 0) is 16.1 Å². The lowest BCUT2D eigenvalue weighted by atomic mass is 9.95. The van der Waals surface area contributed by atoms with Gasteiger partial charge in [0.1, 0.15) is 23.3 Å². The first-order chi connectivity index (χ1) is 16.4. The average Bonchev–Trinajstić information content (AvgIpc) is 2.85. The van der Waals surface area contributed by atoms with Crippen LogP contribution in [0.15, 0.2) is 46.9 Å². The molecule has 0 aliphatic heterocycles. The molecule has 0 bridgehead atoms. The number of nitrogens with one attached hydrogen (secondary N) is 1. The molecule has 1 N–H and O–H groups in total. The summed E-state index contributed by atoms with van der Waals surface area (Å²) in [5.74, 6) is 1.15. The number of rotatable bonds is 10. The van der Waals surface area contributed by atoms with Crippen molar-refractivity contribution < 1.29 is 23.8 Å². The number of benzene rings is 2. The molecule has 184 valence electrons. The quantitative estimate of drug-likeness (QED) is 0.479. The van der Waals surface area contributed by atoms with Crippen LogP contribution in [0.25, 0.3) is 0 Å². The van der Waals surface area contributed by atoms with Crippen LogP contribution in [-0.4, -0.2) is 49.6 Å². The molecule has 1 saturated carbocycles.